The summed E-state index contributed by atoms with van der Waals surface area (Å²) < 4.78 is 0. The molecule has 1 N–H and O–H groups in total. The smallest absolute Gasteiger partial charge is 0.323 e. The van der Waals surface area contributed by atoms with Gasteiger partial charge in [0, 0.05) is 37.8 Å². The van der Waals surface area contributed by atoms with Crippen LogP contribution in [0.5, 0.6) is 0 Å². The van der Waals surface area contributed by atoms with Gasteiger partial charge in [0.15, 0.2) is 0 Å². The Balaban J connectivity index is 1.54. The molecule has 2 saturated heterocycles. The predicted octanol–water partition coefficient (Wildman–Crippen LogP) is 2.27. The van der Waals surface area contributed by atoms with Crippen molar-refractivity contribution in [1.82, 2.24) is 15.1 Å². The lowest BCUT2D eigenvalue weighted by atomic mass is 9.74. The minimum atomic E-state index is 0.102. The Morgan fingerprint density at radius 3 is 2.52 bits per heavy atom. The van der Waals surface area contributed by atoms with Crippen LogP contribution in [-0.4, -0.2) is 68.7 Å². The minimum Gasteiger partial charge on any atom is -0.330 e. The number of benzene rings is 1. The van der Waals surface area contributed by atoms with Crippen LogP contribution in [0.4, 0.5) is 10.5 Å². The number of amides is 2. The first kappa shape index (κ1) is 16.9. The average Bonchev–Trinajstić information content (AvgIpc) is 2.97. The Morgan fingerprint density at radius 1 is 1.16 bits per heavy atom. The van der Waals surface area contributed by atoms with Crippen LogP contribution in [0.3, 0.4) is 0 Å². The summed E-state index contributed by atoms with van der Waals surface area (Å²) in [5, 5.41) is 3.47. The van der Waals surface area contributed by atoms with Crippen molar-refractivity contribution in [2.75, 3.05) is 51.7 Å². The number of rotatable bonds is 1. The van der Waals surface area contributed by atoms with Crippen molar-refractivity contribution in [2.45, 2.75) is 37.1 Å². The summed E-state index contributed by atoms with van der Waals surface area (Å²) in [5.41, 5.74) is 2.65. The van der Waals surface area contributed by atoms with Crippen LogP contribution in [0, 0.1) is 0 Å². The largest absolute Gasteiger partial charge is 0.330 e. The molecule has 0 bridgehead atoms. The number of hydrogen-bond acceptors (Lipinski definition) is 3. The molecule has 1 spiro atoms. The van der Waals surface area contributed by atoms with Gasteiger partial charge < -0.3 is 15.1 Å². The van der Waals surface area contributed by atoms with Crippen molar-refractivity contribution in [2.24, 2.45) is 0 Å². The Labute approximate surface area is 151 Å². The highest BCUT2D eigenvalue weighted by atomic mass is 16.2. The van der Waals surface area contributed by atoms with Crippen LogP contribution in [0.15, 0.2) is 24.3 Å². The van der Waals surface area contributed by atoms with E-state index >= 15 is 0 Å². The summed E-state index contributed by atoms with van der Waals surface area (Å²) in [5.74, 6) is 0. The molecule has 0 radical (unpaired) electrons. The van der Waals surface area contributed by atoms with Crippen molar-refractivity contribution in [3.8, 4) is 0 Å². The molecule has 25 heavy (non-hydrogen) atoms. The molecule has 0 aliphatic carbocycles. The zero-order valence-electron chi connectivity index (χ0n) is 15.5. The van der Waals surface area contributed by atoms with Crippen LogP contribution in [0.25, 0.3) is 0 Å². The zero-order chi connectivity index (χ0) is 17.4. The van der Waals surface area contributed by atoms with E-state index in [1.165, 1.54) is 18.4 Å². The summed E-state index contributed by atoms with van der Waals surface area (Å²) in [4.78, 5) is 19.1. The predicted molar refractivity (Wildman–Crippen MR) is 101 cm³/mol. The topological polar surface area (TPSA) is 38.8 Å². The highest BCUT2D eigenvalue weighted by molar-refractivity contribution is 5.95. The van der Waals surface area contributed by atoms with E-state index in [-0.39, 0.29) is 11.4 Å². The number of urea groups is 1. The normalized spacial score (nSPS) is 23.7. The minimum absolute atomic E-state index is 0.102. The first-order valence-electron chi connectivity index (χ1n) is 9.64. The van der Waals surface area contributed by atoms with E-state index in [0.29, 0.717) is 0 Å². The molecule has 0 unspecified atom stereocenters. The van der Waals surface area contributed by atoms with Gasteiger partial charge in [-0.2, -0.15) is 0 Å². The number of carbonyl (C=O) groups excluding carboxylic acids is 1. The fourth-order valence-electron chi connectivity index (χ4n) is 4.96. The van der Waals surface area contributed by atoms with E-state index in [0.717, 1.165) is 57.3 Å². The van der Waals surface area contributed by atoms with E-state index in [1.54, 1.807) is 4.90 Å². The first-order valence-corrected chi connectivity index (χ1v) is 9.64. The summed E-state index contributed by atoms with van der Waals surface area (Å²) in [7, 11) is 3.69. The van der Waals surface area contributed by atoms with Gasteiger partial charge in [-0.25, -0.2) is 4.79 Å². The van der Waals surface area contributed by atoms with E-state index in [2.05, 4.69) is 34.5 Å². The molecule has 1 aromatic rings. The molecule has 5 heteroatoms. The second kappa shape index (κ2) is 6.61. The lowest BCUT2D eigenvalue weighted by Crippen LogP contribution is -2.51. The fourth-order valence-corrected chi connectivity index (χ4v) is 4.96. The molecule has 0 aromatic heterocycles. The molecule has 3 aliphatic heterocycles. The number of nitrogens with one attached hydrogen (secondary N) is 1. The maximum Gasteiger partial charge on any atom is 0.323 e. The molecule has 4 rings (SSSR count). The number of fused-ring (bicyclic) bond motifs is 2. The third-order valence-electron chi connectivity index (χ3n) is 6.42. The van der Waals surface area contributed by atoms with E-state index in [9.17, 15) is 4.79 Å². The Kier molecular flexibility index (Phi) is 4.46. The second-order valence-corrected chi connectivity index (χ2v) is 8.08. The summed E-state index contributed by atoms with van der Waals surface area (Å²) in [6.45, 7) is 5.45. The zero-order valence-corrected chi connectivity index (χ0v) is 15.5. The summed E-state index contributed by atoms with van der Waals surface area (Å²) >= 11 is 0. The molecule has 0 atom stereocenters. The van der Waals surface area contributed by atoms with E-state index < -0.39 is 0 Å². The van der Waals surface area contributed by atoms with Gasteiger partial charge in [0.25, 0.3) is 0 Å². The maximum absolute atomic E-state index is 12.7. The van der Waals surface area contributed by atoms with Crippen LogP contribution in [0.2, 0.25) is 0 Å². The van der Waals surface area contributed by atoms with Crippen molar-refractivity contribution >= 4 is 11.7 Å². The van der Waals surface area contributed by atoms with E-state index in [1.807, 2.05) is 19.0 Å². The monoisotopic (exact) mass is 342 g/mol. The summed E-state index contributed by atoms with van der Waals surface area (Å²) in [6.07, 6.45) is 4.86. The van der Waals surface area contributed by atoms with Crippen LogP contribution < -0.4 is 10.2 Å². The van der Waals surface area contributed by atoms with Crippen molar-refractivity contribution in [1.29, 1.82) is 0 Å². The van der Waals surface area contributed by atoms with Crippen molar-refractivity contribution < 1.29 is 4.79 Å². The maximum atomic E-state index is 12.7. The van der Waals surface area contributed by atoms with Gasteiger partial charge in [-0.15, -0.1) is 0 Å². The highest BCUT2D eigenvalue weighted by Gasteiger charge is 2.47. The standard InChI is InChI=1S/C20H30N4O/c1-22(2)19(25)24-15-20(17-5-3-4-6-18(17)24)9-13-23(14-10-20)16-7-11-21-12-8-16/h3-6,16,21H,7-15H2,1-2H3. The average molecular weight is 342 g/mol. The number of para-hydroxylation sites is 1. The number of hydrogen-bond donors (Lipinski definition) is 1. The fraction of sp³-hybridized carbons (Fsp3) is 0.650. The lowest BCUT2D eigenvalue weighted by Gasteiger charge is -2.44. The molecular weight excluding hydrogens is 312 g/mol. The van der Waals surface area contributed by atoms with Gasteiger partial charge in [0.2, 0.25) is 0 Å². The van der Waals surface area contributed by atoms with Crippen LogP contribution in [0.1, 0.15) is 31.2 Å². The lowest BCUT2D eigenvalue weighted by molar-refractivity contribution is 0.101. The molecular formula is C20H30N4O. The van der Waals surface area contributed by atoms with Gasteiger partial charge >= 0.3 is 6.03 Å². The van der Waals surface area contributed by atoms with Crippen molar-refractivity contribution in [3.63, 3.8) is 0 Å². The first-order chi connectivity index (χ1) is 12.1. The molecule has 3 heterocycles. The molecule has 2 amide bonds. The third-order valence-corrected chi connectivity index (χ3v) is 6.42. The van der Waals surface area contributed by atoms with Gasteiger partial charge in [-0.1, -0.05) is 18.2 Å². The van der Waals surface area contributed by atoms with Gasteiger partial charge in [0.1, 0.15) is 0 Å². The molecule has 136 valence electrons. The Hall–Kier alpha value is -1.59. The number of anilines is 1. The number of likely N-dealkylation sites (tertiary alicyclic amines) is 1. The van der Waals surface area contributed by atoms with Crippen LogP contribution in [-0.2, 0) is 5.41 Å². The molecule has 1 aromatic carbocycles. The van der Waals surface area contributed by atoms with Crippen LogP contribution >= 0.6 is 0 Å². The second-order valence-electron chi connectivity index (χ2n) is 8.08. The van der Waals surface area contributed by atoms with Crippen molar-refractivity contribution in [3.05, 3.63) is 29.8 Å². The van der Waals surface area contributed by atoms with Gasteiger partial charge in [-0.3, -0.25) is 4.90 Å². The van der Waals surface area contributed by atoms with E-state index in [4.69, 9.17) is 0 Å². The Morgan fingerprint density at radius 2 is 1.84 bits per heavy atom. The number of carbonyl (C=O) groups is 1. The molecule has 0 saturated carbocycles. The summed E-state index contributed by atoms with van der Waals surface area (Å²) in [6, 6.07) is 9.39. The quantitative estimate of drug-likeness (QED) is 0.851. The SMILES string of the molecule is CN(C)C(=O)N1CC2(CCN(C3CCNCC3)CC2)c2ccccc21. The molecule has 5 nitrogen and oxygen atoms in total. The van der Waals surface area contributed by atoms with Gasteiger partial charge in [-0.05, 0) is 63.5 Å². The Bertz CT molecular complexity index is 630. The third kappa shape index (κ3) is 2.93. The molecule has 3 aliphatic rings. The number of nitrogens with zero attached hydrogens (tertiary/aromatic N) is 3. The number of piperidine rings is 2. The highest BCUT2D eigenvalue weighted by Crippen LogP contribution is 2.47. The van der Waals surface area contributed by atoms with Gasteiger partial charge in [0.05, 0.1) is 0 Å². The molecule has 2 fully saturated rings.